The second-order valence-electron chi connectivity index (χ2n) is 3.36. The minimum absolute atomic E-state index is 0.0862. The lowest BCUT2D eigenvalue weighted by molar-refractivity contribution is -0.134. The highest BCUT2D eigenvalue weighted by Gasteiger charge is 2.36. The lowest BCUT2D eigenvalue weighted by atomic mass is 10.5. The summed E-state index contributed by atoms with van der Waals surface area (Å²) in [5.41, 5.74) is 0. The molecule has 0 fully saturated rings. The quantitative estimate of drug-likeness (QED) is 0.766. The van der Waals surface area contributed by atoms with Crippen LogP contribution in [0.15, 0.2) is 20.0 Å². The molecule has 104 valence electrons. The molecule has 0 spiro atoms. The highest BCUT2D eigenvalue weighted by Crippen LogP contribution is 2.30. The van der Waals surface area contributed by atoms with Gasteiger partial charge in [0.15, 0.2) is 4.67 Å². The molecule has 0 aliphatic heterocycles. The number of halogens is 5. The van der Waals surface area contributed by atoms with Crippen molar-refractivity contribution >= 4 is 37.6 Å². The molecule has 0 bridgehead atoms. The first-order valence-electron chi connectivity index (χ1n) is 4.45. The number of nitrogens with zero attached hydrogens (tertiary/aromatic N) is 1. The Kier molecular flexibility index (Phi) is 4.74. The van der Waals surface area contributed by atoms with Crippen molar-refractivity contribution in [2.75, 3.05) is 13.6 Å². The normalized spacial score (nSPS) is 13.3. The van der Waals surface area contributed by atoms with Gasteiger partial charge < -0.3 is 4.42 Å². The average molecular weight is 371 g/mol. The molecule has 0 unspecified atom stereocenters. The fourth-order valence-corrected chi connectivity index (χ4v) is 3.39. The standard InChI is InChI=1S/C8H8BrClF3NO3S/c1-14(4-8(11,12)13)18(15,16)6-2-5(3-10)17-7(6)9/h2H,3-4H2,1H3. The van der Waals surface area contributed by atoms with Crippen LogP contribution in [0.1, 0.15) is 5.76 Å². The van der Waals surface area contributed by atoms with Crippen LogP contribution >= 0.6 is 27.5 Å². The van der Waals surface area contributed by atoms with Crippen LogP contribution in [0.3, 0.4) is 0 Å². The van der Waals surface area contributed by atoms with Gasteiger partial charge in [-0.25, -0.2) is 8.42 Å². The summed E-state index contributed by atoms with van der Waals surface area (Å²) in [4.78, 5) is -0.384. The number of hydrogen-bond acceptors (Lipinski definition) is 3. The molecule has 0 saturated carbocycles. The Hall–Kier alpha value is -0.250. The van der Waals surface area contributed by atoms with Crippen LogP contribution in [0.4, 0.5) is 13.2 Å². The summed E-state index contributed by atoms with van der Waals surface area (Å²) >= 11 is 8.27. The van der Waals surface area contributed by atoms with Gasteiger partial charge in [-0.2, -0.15) is 17.5 Å². The van der Waals surface area contributed by atoms with E-state index in [1.165, 1.54) is 0 Å². The monoisotopic (exact) mass is 369 g/mol. The largest absolute Gasteiger partial charge is 0.452 e. The van der Waals surface area contributed by atoms with E-state index in [0.29, 0.717) is 0 Å². The Morgan fingerprint density at radius 1 is 1.50 bits per heavy atom. The molecule has 1 aromatic heterocycles. The molecular formula is C8H8BrClF3NO3S. The van der Waals surface area contributed by atoms with E-state index < -0.39 is 22.7 Å². The summed E-state index contributed by atoms with van der Waals surface area (Å²) in [6.07, 6.45) is -4.62. The van der Waals surface area contributed by atoms with Gasteiger partial charge in [0.25, 0.3) is 0 Å². The van der Waals surface area contributed by atoms with Gasteiger partial charge in [0.1, 0.15) is 17.2 Å². The second kappa shape index (κ2) is 5.40. The Morgan fingerprint density at radius 3 is 2.44 bits per heavy atom. The fraction of sp³-hybridized carbons (Fsp3) is 0.500. The molecule has 0 atom stereocenters. The number of furan rings is 1. The molecular weight excluding hydrogens is 363 g/mol. The minimum Gasteiger partial charge on any atom is -0.452 e. The molecule has 4 nitrogen and oxygen atoms in total. The first-order chi connectivity index (χ1) is 8.08. The predicted molar refractivity (Wildman–Crippen MR) is 61.8 cm³/mol. The SMILES string of the molecule is CN(CC(F)(F)F)S(=O)(=O)c1cc(CCl)oc1Br. The zero-order valence-corrected chi connectivity index (χ0v) is 12.1. The molecule has 1 aromatic rings. The molecule has 10 heteroatoms. The van der Waals surface area contributed by atoms with Crippen LogP contribution in [0.25, 0.3) is 0 Å². The Bertz CT molecular complexity index is 528. The fourth-order valence-electron chi connectivity index (χ4n) is 1.14. The molecule has 1 rings (SSSR count). The topological polar surface area (TPSA) is 50.5 Å². The van der Waals surface area contributed by atoms with Crippen molar-refractivity contribution in [3.05, 3.63) is 16.5 Å². The Balaban J connectivity index is 3.09. The molecule has 0 radical (unpaired) electrons. The van der Waals surface area contributed by atoms with E-state index in [-0.39, 0.29) is 25.5 Å². The number of rotatable bonds is 4. The van der Waals surface area contributed by atoms with E-state index >= 15 is 0 Å². The third-order valence-corrected chi connectivity index (χ3v) is 4.85. The van der Waals surface area contributed by atoms with E-state index in [1.54, 1.807) is 0 Å². The van der Waals surface area contributed by atoms with Crippen LogP contribution in [-0.4, -0.2) is 32.5 Å². The van der Waals surface area contributed by atoms with Gasteiger partial charge in [0, 0.05) is 13.1 Å². The highest BCUT2D eigenvalue weighted by atomic mass is 79.9. The summed E-state index contributed by atoms with van der Waals surface area (Å²) in [6, 6.07) is 1.08. The van der Waals surface area contributed by atoms with Crippen molar-refractivity contribution < 1.29 is 26.0 Å². The van der Waals surface area contributed by atoms with Gasteiger partial charge in [0.05, 0.1) is 5.88 Å². The number of sulfonamides is 1. The summed E-state index contributed by atoms with van der Waals surface area (Å²) in [5, 5.41) is 0. The van der Waals surface area contributed by atoms with E-state index in [0.717, 1.165) is 13.1 Å². The third kappa shape index (κ3) is 3.62. The van der Waals surface area contributed by atoms with Crippen molar-refractivity contribution in [3.8, 4) is 0 Å². The number of hydrogen-bond donors (Lipinski definition) is 0. The second-order valence-corrected chi connectivity index (χ2v) is 6.36. The molecule has 18 heavy (non-hydrogen) atoms. The summed E-state index contributed by atoms with van der Waals surface area (Å²) in [5.74, 6) is 0.0550. The predicted octanol–water partition coefficient (Wildman–Crippen LogP) is 2.96. The molecule has 1 heterocycles. The Morgan fingerprint density at radius 2 is 2.06 bits per heavy atom. The molecule has 0 saturated heterocycles. The minimum atomic E-state index is -4.62. The van der Waals surface area contributed by atoms with Gasteiger partial charge in [-0.3, -0.25) is 0 Å². The summed E-state index contributed by atoms with van der Waals surface area (Å²) in [6.45, 7) is -1.58. The van der Waals surface area contributed by atoms with E-state index in [2.05, 4.69) is 15.9 Å². The van der Waals surface area contributed by atoms with Gasteiger partial charge >= 0.3 is 6.18 Å². The maximum absolute atomic E-state index is 12.2. The average Bonchev–Trinajstić information content (AvgIpc) is 2.57. The maximum atomic E-state index is 12.2. The van der Waals surface area contributed by atoms with Crippen LogP contribution in [0.5, 0.6) is 0 Å². The van der Waals surface area contributed by atoms with Crippen molar-refractivity contribution in [1.82, 2.24) is 4.31 Å². The zero-order chi connectivity index (χ0) is 14.1. The highest BCUT2D eigenvalue weighted by molar-refractivity contribution is 9.10. The first-order valence-corrected chi connectivity index (χ1v) is 7.22. The Labute approximate surface area is 115 Å². The zero-order valence-electron chi connectivity index (χ0n) is 8.96. The van der Waals surface area contributed by atoms with Crippen molar-refractivity contribution in [1.29, 1.82) is 0 Å². The molecule has 0 aromatic carbocycles. The van der Waals surface area contributed by atoms with Crippen molar-refractivity contribution in [2.24, 2.45) is 0 Å². The van der Waals surface area contributed by atoms with Crippen molar-refractivity contribution in [3.63, 3.8) is 0 Å². The van der Waals surface area contributed by atoms with E-state index in [9.17, 15) is 21.6 Å². The number of alkyl halides is 4. The van der Waals surface area contributed by atoms with Crippen LogP contribution in [0, 0.1) is 0 Å². The lowest BCUT2D eigenvalue weighted by Crippen LogP contribution is -2.35. The maximum Gasteiger partial charge on any atom is 0.402 e. The molecule has 0 N–H and O–H groups in total. The van der Waals surface area contributed by atoms with Gasteiger partial charge in [-0.05, 0) is 15.9 Å². The van der Waals surface area contributed by atoms with Crippen LogP contribution in [0.2, 0.25) is 0 Å². The van der Waals surface area contributed by atoms with Gasteiger partial charge in [-0.15, -0.1) is 11.6 Å². The van der Waals surface area contributed by atoms with Crippen LogP contribution in [-0.2, 0) is 15.9 Å². The van der Waals surface area contributed by atoms with Crippen LogP contribution < -0.4 is 0 Å². The molecule has 0 aliphatic rings. The third-order valence-electron chi connectivity index (χ3n) is 1.93. The van der Waals surface area contributed by atoms with Gasteiger partial charge in [0.2, 0.25) is 10.0 Å². The summed E-state index contributed by atoms with van der Waals surface area (Å²) in [7, 11) is -3.44. The van der Waals surface area contributed by atoms with Crippen molar-refractivity contribution in [2.45, 2.75) is 17.0 Å². The van der Waals surface area contributed by atoms with E-state index in [4.69, 9.17) is 16.0 Å². The van der Waals surface area contributed by atoms with E-state index in [1.807, 2.05) is 0 Å². The lowest BCUT2D eigenvalue weighted by Gasteiger charge is -2.17. The first kappa shape index (κ1) is 15.8. The molecule has 0 aliphatic carbocycles. The van der Waals surface area contributed by atoms with Gasteiger partial charge in [-0.1, -0.05) is 0 Å². The summed E-state index contributed by atoms with van der Waals surface area (Å²) < 4.78 is 65.1. The molecule has 0 amide bonds. The smallest absolute Gasteiger partial charge is 0.402 e.